The molecule has 0 unspecified atom stereocenters. The van der Waals surface area contributed by atoms with Crippen LogP contribution >= 0.6 is 0 Å². The lowest BCUT2D eigenvalue weighted by Crippen LogP contribution is -2.70. The van der Waals surface area contributed by atoms with Gasteiger partial charge in [-0.2, -0.15) is 0 Å². The van der Waals surface area contributed by atoms with Crippen molar-refractivity contribution >= 4 is 0 Å². The van der Waals surface area contributed by atoms with E-state index in [0.29, 0.717) is 25.7 Å². The van der Waals surface area contributed by atoms with Crippen LogP contribution in [0.3, 0.4) is 0 Å². The highest BCUT2D eigenvalue weighted by Crippen LogP contribution is 2.76. The summed E-state index contributed by atoms with van der Waals surface area (Å²) in [7, 11) is 1.74. The first-order valence-electron chi connectivity index (χ1n) is 25.1. The monoisotopic (exact) mass is 991 g/mol. The molecule has 398 valence electrons. The van der Waals surface area contributed by atoms with E-state index in [4.69, 9.17) is 33.2 Å². The van der Waals surface area contributed by atoms with E-state index in [-0.39, 0.29) is 47.9 Å². The van der Waals surface area contributed by atoms with Gasteiger partial charge in [-0.05, 0) is 84.9 Å². The van der Waals surface area contributed by atoms with Gasteiger partial charge in [0.15, 0.2) is 18.9 Å². The summed E-state index contributed by atoms with van der Waals surface area (Å²) in [6.45, 7) is 10.9. The molecule has 4 saturated carbocycles. The van der Waals surface area contributed by atoms with Crippen LogP contribution in [0.1, 0.15) is 92.9 Å². The Bertz CT molecular complexity index is 1820. The SMILES string of the molecule is CO[C@@H]1C=C2[C@@H]3CC(C)(C)CC[C@]3(CO)[C@@H](O)C[C@@]2(C)[C@]2(C)CC[C@H]3[C@](C)(CO)[C@@H](O[C@@H]4O[C@H](CO)[C@@H](O)[C@H](O)[C@H]4O[C@@H]4O[C@H](CO[C@@H]5O[C@H](CO)[C@@H](O)[C@H](O)[C@H]5O)[C@@H](O)[C@H](O)[C@H]4O)CC[C@]3(C)[C@@H]12. The molecule has 3 saturated heterocycles. The van der Waals surface area contributed by atoms with Crippen molar-refractivity contribution in [3.05, 3.63) is 11.6 Å². The van der Waals surface area contributed by atoms with Crippen LogP contribution in [-0.2, 0) is 33.2 Å². The lowest BCUT2D eigenvalue weighted by atomic mass is 9.32. The van der Waals surface area contributed by atoms with Gasteiger partial charge in [-0.25, -0.2) is 0 Å². The molecule has 0 aromatic heterocycles. The summed E-state index contributed by atoms with van der Waals surface area (Å²) in [6, 6.07) is 0. The highest BCUT2D eigenvalue weighted by molar-refractivity contribution is 5.37. The first-order valence-corrected chi connectivity index (χ1v) is 25.1. The van der Waals surface area contributed by atoms with Crippen molar-refractivity contribution in [1.82, 2.24) is 0 Å². The van der Waals surface area contributed by atoms with Gasteiger partial charge in [-0.3, -0.25) is 0 Å². The van der Waals surface area contributed by atoms with Gasteiger partial charge < -0.3 is 99.5 Å². The van der Waals surface area contributed by atoms with Crippen molar-refractivity contribution in [2.75, 3.05) is 40.1 Å². The number of hydrogen-bond acceptors (Lipinski definition) is 20. The fraction of sp³-hybridized carbons (Fsp3) is 0.959. The molecule has 20 heteroatoms. The topological polar surface area (TPSA) is 328 Å². The summed E-state index contributed by atoms with van der Waals surface area (Å²) < 4.78 is 42.4. The molecule has 0 spiro atoms. The zero-order valence-corrected chi connectivity index (χ0v) is 41.1. The molecule has 8 aliphatic rings. The lowest BCUT2D eigenvalue weighted by Gasteiger charge is -2.73. The van der Waals surface area contributed by atoms with Crippen molar-refractivity contribution in [1.29, 1.82) is 0 Å². The third kappa shape index (κ3) is 8.53. The first kappa shape index (κ1) is 54.2. The first-order chi connectivity index (χ1) is 32.4. The molecule has 0 amide bonds. The molecular weight excluding hydrogens is 909 g/mol. The predicted octanol–water partition coefficient (Wildman–Crippen LogP) is -1.82. The summed E-state index contributed by atoms with van der Waals surface area (Å²) in [5.74, 6) is -0.264. The predicted molar refractivity (Wildman–Crippen MR) is 239 cm³/mol. The molecule has 69 heavy (non-hydrogen) atoms. The zero-order valence-electron chi connectivity index (χ0n) is 41.1. The number of ether oxygens (including phenoxy) is 7. The van der Waals surface area contributed by atoms with E-state index in [1.807, 2.05) is 6.92 Å². The van der Waals surface area contributed by atoms with Crippen LogP contribution in [-0.4, -0.2) is 217 Å². The Balaban J connectivity index is 1.05. The molecule has 5 aliphatic carbocycles. The van der Waals surface area contributed by atoms with Crippen molar-refractivity contribution in [3.8, 4) is 0 Å². The van der Waals surface area contributed by atoms with E-state index in [2.05, 4.69) is 40.7 Å². The standard InChI is InChI=1S/C49H82O20/c1-44(2)12-13-49(21-53)23(15-44)22-14-24(63-7)40-45(3)10-9-30(46(4,20-52)28(45)8-11-47(40,5)48(22,6)16-29(49)54)68-43-39(36(60)32(56)26(18-51)66-43)69-42-38(62)35(59)33(57)27(67-42)19-64-41-37(61)34(58)31(55)25(17-50)65-41/h14,23-43,50-62H,8-13,15-21H2,1-7H3/t23-,24+,25+,26+,27+,28+,29-,30-,31+,32+,33+,34-,35-,36-,37+,38+,39+,40+,41+,42-,43-,45-,46-,47+,48+,49+/m0/s1. The summed E-state index contributed by atoms with van der Waals surface area (Å²) in [4.78, 5) is 0. The van der Waals surface area contributed by atoms with Crippen LogP contribution in [0, 0.1) is 50.2 Å². The van der Waals surface area contributed by atoms with Crippen molar-refractivity contribution < 1.29 is 99.5 Å². The normalized spacial score (nSPS) is 55.2. The highest BCUT2D eigenvalue weighted by Gasteiger charge is 2.72. The Kier molecular flexibility index (Phi) is 15.4. The average molecular weight is 991 g/mol. The van der Waals surface area contributed by atoms with Gasteiger partial charge in [0, 0.05) is 23.9 Å². The van der Waals surface area contributed by atoms with E-state index in [1.165, 1.54) is 5.57 Å². The van der Waals surface area contributed by atoms with Crippen LogP contribution in [0.4, 0.5) is 0 Å². The Hall–Kier alpha value is -1.06. The van der Waals surface area contributed by atoms with Crippen molar-refractivity contribution in [2.24, 2.45) is 50.2 Å². The number of aliphatic hydroxyl groups excluding tert-OH is 13. The number of methoxy groups -OCH3 is 1. The molecule has 13 N–H and O–H groups in total. The van der Waals surface area contributed by atoms with Crippen LogP contribution < -0.4 is 0 Å². The van der Waals surface area contributed by atoms with Gasteiger partial charge in [-0.15, -0.1) is 0 Å². The van der Waals surface area contributed by atoms with Crippen LogP contribution in [0.15, 0.2) is 11.6 Å². The quantitative estimate of drug-likeness (QED) is 0.0757. The van der Waals surface area contributed by atoms with E-state index < -0.39 is 146 Å². The Morgan fingerprint density at radius 1 is 0.609 bits per heavy atom. The highest BCUT2D eigenvalue weighted by atomic mass is 16.8. The molecule has 0 aromatic carbocycles. The molecule has 20 nitrogen and oxygen atoms in total. The minimum atomic E-state index is -1.95. The van der Waals surface area contributed by atoms with Crippen LogP contribution in [0.5, 0.6) is 0 Å². The fourth-order valence-corrected chi connectivity index (χ4v) is 15.4. The Morgan fingerprint density at radius 3 is 1.81 bits per heavy atom. The van der Waals surface area contributed by atoms with Gasteiger partial charge in [0.25, 0.3) is 0 Å². The van der Waals surface area contributed by atoms with E-state index in [1.54, 1.807) is 7.11 Å². The van der Waals surface area contributed by atoms with Gasteiger partial charge in [0.05, 0.1) is 51.3 Å². The zero-order chi connectivity index (χ0) is 50.6. The molecular formula is C49H82O20. The minimum absolute atomic E-state index is 0.0232. The van der Waals surface area contributed by atoms with E-state index >= 15 is 0 Å². The van der Waals surface area contributed by atoms with Gasteiger partial charge in [0.2, 0.25) is 0 Å². The molecule has 8 rings (SSSR count). The van der Waals surface area contributed by atoms with E-state index in [0.717, 1.165) is 25.7 Å². The Labute approximate surface area is 404 Å². The number of rotatable bonds is 12. The molecule has 0 aromatic rings. The summed E-state index contributed by atoms with van der Waals surface area (Å²) in [5, 5.41) is 141. The Morgan fingerprint density at radius 2 is 1.20 bits per heavy atom. The smallest absolute Gasteiger partial charge is 0.187 e. The second-order valence-electron chi connectivity index (χ2n) is 23.9. The maximum Gasteiger partial charge on any atom is 0.187 e. The van der Waals surface area contributed by atoms with Gasteiger partial charge in [0.1, 0.15) is 73.2 Å². The number of aliphatic hydroxyl groups is 13. The second-order valence-corrected chi connectivity index (χ2v) is 23.9. The molecule has 3 aliphatic heterocycles. The summed E-state index contributed by atoms with van der Waals surface area (Å²) in [6.07, 6.45) is -19.4. The van der Waals surface area contributed by atoms with Gasteiger partial charge >= 0.3 is 0 Å². The largest absolute Gasteiger partial charge is 0.396 e. The average Bonchev–Trinajstić information content (AvgIpc) is 3.31. The molecule has 0 bridgehead atoms. The maximum atomic E-state index is 12.2. The van der Waals surface area contributed by atoms with Crippen molar-refractivity contribution in [2.45, 2.75) is 203 Å². The number of hydrogen-bond donors (Lipinski definition) is 13. The minimum Gasteiger partial charge on any atom is -0.396 e. The molecule has 7 fully saturated rings. The van der Waals surface area contributed by atoms with Gasteiger partial charge in [-0.1, -0.05) is 53.2 Å². The number of fused-ring (bicyclic) bond motifs is 7. The number of allylic oxidation sites excluding steroid dienone is 1. The van der Waals surface area contributed by atoms with Crippen LogP contribution in [0.25, 0.3) is 0 Å². The summed E-state index contributed by atoms with van der Waals surface area (Å²) in [5.41, 5.74) is -1.55. The van der Waals surface area contributed by atoms with E-state index in [9.17, 15) is 66.4 Å². The van der Waals surface area contributed by atoms with Crippen molar-refractivity contribution in [3.63, 3.8) is 0 Å². The third-order valence-corrected chi connectivity index (χ3v) is 19.8. The lowest BCUT2D eigenvalue weighted by molar-refractivity contribution is -0.383. The third-order valence-electron chi connectivity index (χ3n) is 19.8. The second kappa shape index (κ2) is 19.6. The summed E-state index contributed by atoms with van der Waals surface area (Å²) >= 11 is 0. The fourth-order valence-electron chi connectivity index (χ4n) is 15.4. The molecule has 0 radical (unpaired) electrons. The maximum absolute atomic E-state index is 12.2. The molecule has 3 heterocycles. The van der Waals surface area contributed by atoms with Crippen LogP contribution in [0.2, 0.25) is 0 Å². The molecule has 26 atom stereocenters.